The first-order valence-corrected chi connectivity index (χ1v) is 12.4. The van der Waals surface area contributed by atoms with Crippen LogP contribution in [0.4, 0.5) is 0 Å². The van der Waals surface area contributed by atoms with Gasteiger partial charge in [-0.3, -0.25) is 4.79 Å². The molecule has 1 saturated heterocycles. The van der Waals surface area contributed by atoms with Crippen LogP contribution >= 0.6 is 0 Å². The highest BCUT2D eigenvalue weighted by atomic mass is 16.6. The van der Waals surface area contributed by atoms with E-state index in [0.717, 1.165) is 18.1 Å². The number of rotatable bonds is 8. The second-order valence-electron chi connectivity index (χ2n) is 10.3. The number of benzene rings is 1. The number of piperidine rings is 1. The van der Waals surface area contributed by atoms with Crippen LogP contribution < -0.4 is 9.47 Å². The Morgan fingerprint density at radius 3 is 2.58 bits per heavy atom. The average molecular weight is 530 g/mol. The van der Waals surface area contributed by atoms with Crippen LogP contribution in [0.2, 0.25) is 0 Å². The molecular formula is C27H31NO10. The molecule has 1 aromatic rings. The van der Waals surface area contributed by atoms with E-state index in [1.165, 1.54) is 14.0 Å². The highest BCUT2D eigenvalue weighted by Gasteiger charge is 2.72. The summed E-state index contributed by atoms with van der Waals surface area (Å²) >= 11 is 0. The highest BCUT2D eigenvalue weighted by Crippen LogP contribution is 2.65. The molecule has 2 bridgehead atoms. The Bertz CT molecular complexity index is 1260. The van der Waals surface area contributed by atoms with E-state index in [9.17, 15) is 24.6 Å². The molecule has 6 atom stereocenters. The Morgan fingerprint density at radius 1 is 1.21 bits per heavy atom. The summed E-state index contributed by atoms with van der Waals surface area (Å²) in [6.07, 6.45) is -1.78. The minimum atomic E-state index is -1.91. The third-order valence-corrected chi connectivity index (χ3v) is 8.15. The fourth-order valence-corrected chi connectivity index (χ4v) is 6.63. The molecule has 204 valence electrons. The molecule has 11 nitrogen and oxygen atoms in total. The first kappa shape index (κ1) is 26.1. The molecule has 2 heterocycles. The molecule has 2 aliphatic heterocycles. The Kier molecular flexibility index (Phi) is 6.18. The second-order valence-corrected chi connectivity index (χ2v) is 10.3. The van der Waals surface area contributed by atoms with Crippen LogP contribution in [0.3, 0.4) is 0 Å². The van der Waals surface area contributed by atoms with Gasteiger partial charge >= 0.3 is 17.9 Å². The minimum absolute atomic E-state index is 0.0111. The Balaban J connectivity index is 1.56. The first-order chi connectivity index (χ1) is 17.9. The lowest BCUT2D eigenvalue weighted by atomic mass is 9.50. The fourth-order valence-electron chi connectivity index (χ4n) is 6.63. The van der Waals surface area contributed by atoms with Gasteiger partial charge in [-0.25, -0.2) is 9.59 Å². The number of ether oxygens (including phenoxy) is 5. The molecule has 5 rings (SSSR count). The van der Waals surface area contributed by atoms with Crippen molar-refractivity contribution in [3.8, 4) is 11.5 Å². The molecule has 0 amide bonds. The predicted octanol–water partition coefficient (Wildman–Crippen LogP) is 1.45. The van der Waals surface area contributed by atoms with Crippen molar-refractivity contribution in [2.24, 2.45) is 0 Å². The van der Waals surface area contributed by atoms with E-state index in [0.29, 0.717) is 30.9 Å². The maximum absolute atomic E-state index is 13.4. The zero-order valence-electron chi connectivity index (χ0n) is 21.7. The summed E-state index contributed by atoms with van der Waals surface area (Å²) in [5, 5.41) is 21.9. The van der Waals surface area contributed by atoms with Gasteiger partial charge in [-0.1, -0.05) is 12.6 Å². The van der Waals surface area contributed by atoms with Crippen LogP contribution in [0.5, 0.6) is 11.5 Å². The van der Waals surface area contributed by atoms with Crippen molar-refractivity contribution in [1.82, 2.24) is 4.90 Å². The molecule has 0 saturated carbocycles. The zero-order valence-corrected chi connectivity index (χ0v) is 21.7. The van der Waals surface area contributed by atoms with Gasteiger partial charge in [0.15, 0.2) is 17.6 Å². The summed E-state index contributed by atoms with van der Waals surface area (Å²) in [7, 11) is 3.51. The van der Waals surface area contributed by atoms with Crippen molar-refractivity contribution >= 4 is 17.9 Å². The van der Waals surface area contributed by atoms with Gasteiger partial charge in [-0.15, -0.1) is 0 Å². The maximum atomic E-state index is 13.4. The molecule has 38 heavy (non-hydrogen) atoms. The van der Waals surface area contributed by atoms with Crippen LogP contribution in [0.15, 0.2) is 36.3 Å². The largest absolute Gasteiger partial charge is 0.493 e. The third-order valence-electron chi connectivity index (χ3n) is 8.15. The quantitative estimate of drug-likeness (QED) is 0.373. The van der Waals surface area contributed by atoms with Gasteiger partial charge in [-0.05, 0) is 51.1 Å². The van der Waals surface area contributed by atoms with E-state index < -0.39 is 47.2 Å². The Morgan fingerprint density at radius 2 is 1.95 bits per heavy atom. The number of methoxy groups -OCH3 is 1. The van der Waals surface area contributed by atoms with Gasteiger partial charge in [0.2, 0.25) is 12.2 Å². The van der Waals surface area contributed by atoms with Gasteiger partial charge in [0.1, 0.15) is 5.76 Å². The van der Waals surface area contributed by atoms with E-state index in [1.807, 2.05) is 19.2 Å². The number of carbonyl (C=O) groups excluding carboxylic acids is 2. The lowest BCUT2D eigenvalue weighted by Crippen LogP contribution is -2.74. The standard InChI is InChI=1S/C27H31NO10/c1-13(2)35-21(24(30)31)22(36-14(3)29)25(32)37-17-8-9-27(33)18-12-15-6-7-16(34-5)20-19(15)26(27,23(17)38-20)10-11-28(18)4/h6-8,18,21-23,33H,1,9-12H2,2-5H3,(H,30,31)/t18-,21+,22+,23+,26+,27-/m1/s1. The molecule has 0 aromatic heterocycles. The summed E-state index contributed by atoms with van der Waals surface area (Å²) < 4.78 is 28.0. The van der Waals surface area contributed by atoms with E-state index in [2.05, 4.69) is 11.5 Å². The molecule has 4 aliphatic rings. The van der Waals surface area contributed by atoms with E-state index >= 15 is 0 Å². The summed E-state index contributed by atoms with van der Waals surface area (Å²) in [5.74, 6) is -2.47. The van der Waals surface area contributed by atoms with Gasteiger partial charge in [0.05, 0.1) is 23.9 Å². The Hall–Kier alpha value is -3.57. The number of carboxylic acids is 1. The van der Waals surface area contributed by atoms with E-state index in [4.69, 9.17) is 23.7 Å². The number of nitrogens with zero attached hydrogens (tertiary/aromatic N) is 1. The minimum Gasteiger partial charge on any atom is -0.493 e. The van der Waals surface area contributed by atoms with Crippen LogP contribution in [0, 0.1) is 0 Å². The van der Waals surface area contributed by atoms with Gasteiger partial charge in [0, 0.05) is 24.9 Å². The van der Waals surface area contributed by atoms with Crippen LogP contribution in [-0.4, -0.2) is 83.7 Å². The molecule has 1 fully saturated rings. The molecule has 1 aromatic carbocycles. The summed E-state index contributed by atoms with van der Waals surface area (Å²) in [6, 6.07) is 3.60. The van der Waals surface area contributed by atoms with E-state index in [1.54, 1.807) is 6.08 Å². The fraction of sp³-hybridized carbons (Fsp3) is 0.519. The number of carboxylic acid groups (broad SMARTS) is 1. The van der Waals surface area contributed by atoms with Crippen molar-refractivity contribution in [1.29, 1.82) is 0 Å². The number of hydrogen-bond acceptors (Lipinski definition) is 10. The first-order valence-electron chi connectivity index (χ1n) is 12.4. The van der Waals surface area contributed by atoms with Crippen molar-refractivity contribution in [3.05, 3.63) is 47.4 Å². The van der Waals surface area contributed by atoms with Gasteiger partial charge in [0.25, 0.3) is 0 Å². The van der Waals surface area contributed by atoms with Gasteiger partial charge in [-0.2, -0.15) is 0 Å². The highest BCUT2D eigenvalue weighted by molar-refractivity contribution is 5.87. The molecular weight excluding hydrogens is 498 g/mol. The van der Waals surface area contributed by atoms with Crippen molar-refractivity contribution in [2.45, 2.75) is 68.5 Å². The molecule has 2 aliphatic carbocycles. The number of esters is 2. The normalized spacial score (nSPS) is 30.1. The maximum Gasteiger partial charge on any atom is 0.357 e. The van der Waals surface area contributed by atoms with Crippen molar-refractivity contribution < 1.29 is 48.3 Å². The molecule has 2 N–H and O–H groups in total. The zero-order chi connectivity index (χ0) is 27.6. The summed E-state index contributed by atoms with van der Waals surface area (Å²) in [6.45, 7) is 6.64. The number of allylic oxidation sites excluding steroid dienone is 1. The molecule has 0 radical (unpaired) electrons. The van der Waals surface area contributed by atoms with Crippen LogP contribution in [0.25, 0.3) is 0 Å². The number of hydrogen-bond donors (Lipinski definition) is 2. The Labute approximate surface area is 219 Å². The van der Waals surface area contributed by atoms with Crippen LogP contribution in [0.1, 0.15) is 37.8 Å². The van der Waals surface area contributed by atoms with Crippen molar-refractivity contribution in [3.63, 3.8) is 0 Å². The number of likely N-dealkylation sites (N-methyl/N-ethyl adjacent to an activating group) is 1. The lowest BCUT2D eigenvalue weighted by molar-refractivity contribution is -0.185. The van der Waals surface area contributed by atoms with Gasteiger partial charge < -0.3 is 38.8 Å². The molecule has 11 heteroatoms. The van der Waals surface area contributed by atoms with Crippen molar-refractivity contribution in [2.75, 3.05) is 20.7 Å². The second kappa shape index (κ2) is 9.02. The molecule has 1 spiro atoms. The van der Waals surface area contributed by atoms with Crippen LogP contribution in [-0.2, 0) is 40.4 Å². The lowest BCUT2D eigenvalue weighted by Gasteiger charge is -2.61. The monoisotopic (exact) mass is 529 g/mol. The van der Waals surface area contributed by atoms with E-state index in [-0.39, 0.29) is 24.0 Å². The average Bonchev–Trinajstić information content (AvgIpc) is 3.20. The summed E-state index contributed by atoms with van der Waals surface area (Å²) in [4.78, 5) is 39.2. The topological polar surface area (TPSA) is 141 Å². The predicted molar refractivity (Wildman–Crippen MR) is 130 cm³/mol. The molecule has 0 unspecified atom stereocenters. The number of aliphatic carboxylic acids is 1. The number of likely N-dealkylation sites (tertiary alicyclic amines) is 1. The summed E-state index contributed by atoms with van der Waals surface area (Å²) in [5.41, 5.74) is -0.271. The SMILES string of the molecule is C=C(C)O[C@H](C(=O)O)[C@H](OC(C)=O)C(=O)OC1=CC[C@@]2(O)[C@H]3Cc4ccc(OC)c5c4[C@@]2(CCN3C)[C@H]1O5. The number of carbonyl (C=O) groups is 3. The number of aliphatic hydroxyl groups is 1. The third kappa shape index (κ3) is 3.59. The smallest absolute Gasteiger partial charge is 0.357 e.